The summed E-state index contributed by atoms with van der Waals surface area (Å²) < 4.78 is 0. The predicted molar refractivity (Wildman–Crippen MR) is 71.9 cm³/mol. The van der Waals surface area contributed by atoms with Gasteiger partial charge in [0.2, 0.25) is 0 Å². The molecule has 0 atom stereocenters. The Balaban J connectivity index is 2.41. The molecular formula is C14H18ClNO. The molecule has 0 saturated carbocycles. The number of piperidine rings is 1. The summed E-state index contributed by atoms with van der Waals surface area (Å²) in [6, 6.07) is 5.85. The summed E-state index contributed by atoms with van der Waals surface area (Å²) in [7, 11) is 0. The number of Topliss-reactive ketones (excluding diaryl/α,β-unsaturated/α-hetero) is 1. The van der Waals surface area contributed by atoms with E-state index in [0.717, 1.165) is 29.2 Å². The third-order valence-electron chi connectivity index (χ3n) is 3.59. The zero-order valence-corrected chi connectivity index (χ0v) is 11.3. The van der Waals surface area contributed by atoms with Crippen molar-refractivity contribution in [3.8, 4) is 0 Å². The van der Waals surface area contributed by atoms with Crippen molar-refractivity contribution in [3.63, 3.8) is 0 Å². The molecule has 1 aliphatic heterocycles. The van der Waals surface area contributed by atoms with Gasteiger partial charge in [-0.25, -0.2) is 0 Å². The molecule has 2 nitrogen and oxygen atoms in total. The molecule has 0 aliphatic carbocycles. The number of carbonyl (C=O) groups is 1. The van der Waals surface area contributed by atoms with Crippen LogP contribution in [0.25, 0.3) is 0 Å². The van der Waals surface area contributed by atoms with Crippen molar-refractivity contribution in [2.24, 2.45) is 0 Å². The average molecular weight is 252 g/mol. The van der Waals surface area contributed by atoms with Gasteiger partial charge in [0.05, 0.1) is 5.54 Å². The zero-order valence-electron chi connectivity index (χ0n) is 10.6. The highest BCUT2D eigenvalue weighted by molar-refractivity contribution is 6.30. The molecular weight excluding hydrogens is 234 g/mol. The maximum Gasteiger partial charge on any atom is 0.157 e. The lowest BCUT2D eigenvalue weighted by Gasteiger charge is -2.43. The lowest BCUT2D eigenvalue weighted by Crippen LogP contribution is -2.54. The third kappa shape index (κ3) is 2.19. The van der Waals surface area contributed by atoms with E-state index in [2.05, 4.69) is 4.90 Å². The second-order valence-electron chi connectivity index (χ2n) is 5.17. The Morgan fingerprint density at radius 2 is 2.06 bits per heavy atom. The molecule has 0 aromatic heterocycles. The number of benzene rings is 1. The van der Waals surface area contributed by atoms with Gasteiger partial charge >= 0.3 is 0 Å². The van der Waals surface area contributed by atoms with Crippen LogP contribution in [-0.2, 0) is 4.79 Å². The number of anilines is 1. The first-order chi connectivity index (χ1) is 7.93. The van der Waals surface area contributed by atoms with Gasteiger partial charge in [0, 0.05) is 23.7 Å². The summed E-state index contributed by atoms with van der Waals surface area (Å²) in [6.45, 7) is 6.97. The molecule has 92 valence electrons. The second kappa shape index (κ2) is 4.34. The van der Waals surface area contributed by atoms with E-state index < -0.39 is 5.54 Å². The number of hydrogen-bond acceptors (Lipinski definition) is 2. The molecule has 1 fully saturated rings. The molecule has 0 amide bonds. The largest absolute Gasteiger partial charge is 0.359 e. The van der Waals surface area contributed by atoms with Crippen LogP contribution in [0.3, 0.4) is 0 Å². The highest BCUT2D eigenvalue weighted by Gasteiger charge is 2.37. The van der Waals surface area contributed by atoms with Gasteiger partial charge in [0.1, 0.15) is 0 Å². The molecule has 1 saturated heterocycles. The van der Waals surface area contributed by atoms with Gasteiger partial charge in [-0.2, -0.15) is 0 Å². The monoisotopic (exact) mass is 251 g/mol. The van der Waals surface area contributed by atoms with Gasteiger partial charge in [-0.15, -0.1) is 0 Å². The van der Waals surface area contributed by atoms with E-state index in [9.17, 15) is 4.79 Å². The molecule has 1 aliphatic rings. The molecule has 1 heterocycles. The highest BCUT2D eigenvalue weighted by Crippen LogP contribution is 2.33. The number of rotatable bonds is 1. The summed E-state index contributed by atoms with van der Waals surface area (Å²) in [5.41, 5.74) is 1.84. The Hall–Kier alpha value is -1.02. The Kier molecular flexibility index (Phi) is 3.17. The Morgan fingerprint density at radius 3 is 2.71 bits per heavy atom. The number of ketones is 1. The maximum absolute atomic E-state index is 12.0. The minimum Gasteiger partial charge on any atom is -0.359 e. The van der Waals surface area contributed by atoms with Crippen LogP contribution in [-0.4, -0.2) is 17.9 Å². The van der Waals surface area contributed by atoms with Crippen LogP contribution in [0.4, 0.5) is 5.69 Å². The Bertz CT molecular complexity index is 454. The number of hydrogen-bond donors (Lipinski definition) is 0. The summed E-state index contributed by atoms with van der Waals surface area (Å²) >= 11 is 5.97. The molecule has 2 rings (SSSR count). The SMILES string of the molecule is Cc1cc(Cl)ccc1N1CCCC(=O)C1(C)C. The smallest absolute Gasteiger partial charge is 0.157 e. The third-order valence-corrected chi connectivity index (χ3v) is 3.83. The first kappa shape index (κ1) is 12.4. The van der Waals surface area contributed by atoms with Gasteiger partial charge in [-0.1, -0.05) is 11.6 Å². The molecule has 1 aromatic carbocycles. The molecule has 0 bridgehead atoms. The van der Waals surface area contributed by atoms with Crippen LogP contribution >= 0.6 is 11.6 Å². The van der Waals surface area contributed by atoms with E-state index in [1.54, 1.807) is 0 Å². The van der Waals surface area contributed by atoms with Crippen LogP contribution in [0.5, 0.6) is 0 Å². The summed E-state index contributed by atoms with van der Waals surface area (Å²) in [4.78, 5) is 14.2. The number of halogens is 1. The minimum atomic E-state index is -0.406. The maximum atomic E-state index is 12.0. The van der Waals surface area contributed by atoms with E-state index in [4.69, 9.17) is 11.6 Å². The second-order valence-corrected chi connectivity index (χ2v) is 5.60. The van der Waals surface area contributed by atoms with Crippen molar-refractivity contribution >= 4 is 23.1 Å². The summed E-state index contributed by atoms with van der Waals surface area (Å²) in [6.07, 6.45) is 1.63. The summed E-state index contributed by atoms with van der Waals surface area (Å²) in [5, 5.41) is 0.743. The fraction of sp³-hybridized carbons (Fsp3) is 0.500. The van der Waals surface area contributed by atoms with Gasteiger partial charge in [0.15, 0.2) is 5.78 Å². The van der Waals surface area contributed by atoms with Crippen molar-refractivity contribution in [1.29, 1.82) is 0 Å². The standard InChI is InChI=1S/C14H18ClNO/c1-10-9-11(15)6-7-12(10)16-8-4-5-13(17)14(16,2)3/h6-7,9H,4-5,8H2,1-3H3. The number of aryl methyl sites for hydroxylation is 1. The fourth-order valence-corrected chi connectivity index (χ4v) is 2.70. The molecule has 3 heteroatoms. The zero-order chi connectivity index (χ0) is 12.6. The van der Waals surface area contributed by atoms with Crippen LogP contribution < -0.4 is 4.90 Å². The van der Waals surface area contributed by atoms with Crippen molar-refractivity contribution in [2.45, 2.75) is 39.2 Å². The van der Waals surface area contributed by atoms with Crippen molar-refractivity contribution in [1.82, 2.24) is 0 Å². The van der Waals surface area contributed by atoms with Crippen LogP contribution in [0, 0.1) is 6.92 Å². The Morgan fingerprint density at radius 1 is 1.35 bits per heavy atom. The first-order valence-corrected chi connectivity index (χ1v) is 6.38. The fourth-order valence-electron chi connectivity index (χ4n) is 2.48. The van der Waals surface area contributed by atoms with Gasteiger partial charge < -0.3 is 4.90 Å². The quantitative estimate of drug-likeness (QED) is 0.760. The van der Waals surface area contributed by atoms with Crippen LogP contribution in [0.2, 0.25) is 5.02 Å². The Labute approximate surface area is 108 Å². The normalized spacial score (nSPS) is 19.5. The topological polar surface area (TPSA) is 20.3 Å². The van der Waals surface area contributed by atoms with E-state index in [-0.39, 0.29) is 0 Å². The lowest BCUT2D eigenvalue weighted by atomic mass is 9.88. The van der Waals surface area contributed by atoms with Crippen molar-refractivity contribution < 1.29 is 4.79 Å². The number of carbonyl (C=O) groups excluding carboxylic acids is 1. The van der Waals surface area contributed by atoms with Crippen molar-refractivity contribution in [3.05, 3.63) is 28.8 Å². The van der Waals surface area contributed by atoms with E-state index >= 15 is 0 Å². The lowest BCUT2D eigenvalue weighted by molar-refractivity contribution is -0.124. The highest BCUT2D eigenvalue weighted by atomic mass is 35.5. The van der Waals surface area contributed by atoms with E-state index in [0.29, 0.717) is 12.2 Å². The summed E-state index contributed by atoms with van der Waals surface area (Å²) in [5.74, 6) is 0.318. The molecule has 0 radical (unpaired) electrons. The molecule has 0 unspecified atom stereocenters. The minimum absolute atomic E-state index is 0.318. The first-order valence-electron chi connectivity index (χ1n) is 6.00. The van der Waals surface area contributed by atoms with Crippen LogP contribution in [0.15, 0.2) is 18.2 Å². The molecule has 17 heavy (non-hydrogen) atoms. The van der Waals surface area contributed by atoms with E-state index in [1.165, 1.54) is 0 Å². The van der Waals surface area contributed by atoms with Gasteiger partial charge in [-0.3, -0.25) is 4.79 Å². The van der Waals surface area contributed by atoms with Crippen LogP contribution in [0.1, 0.15) is 32.3 Å². The number of nitrogens with zero attached hydrogens (tertiary/aromatic N) is 1. The molecule has 1 aromatic rings. The van der Waals surface area contributed by atoms with Crippen molar-refractivity contribution in [2.75, 3.05) is 11.4 Å². The van der Waals surface area contributed by atoms with E-state index in [1.807, 2.05) is 39.0 Å². The van der Waals surface area contributed by atoms with Gasteiger partial charge in [-0.05, 0) is 51.0 Å². The average Bonchev–Trinajstić information content (AvgIpc) is 2.23. The molecule has 0 spiro atoms. The van der Waals surface area contributed by atoms with Gasteiger partial charge in [0.25, 0.3) is 0 Å². The molecule has 0 N–H and O–H groups in total. The predicted octanol–water partition coefficient (Wildman–Crippen LogP) is 3.60.